The molecule has 0 aliphatic heterocycles. The van der Waals surface area contributed by atoms with Gasteiger partial charge in [-0.05, 0) is 143 Å². The van der Waals surface area contributed by atoms with E-state index >= 15 is 0 Å². The summed E-state index contributed by atoms with van der Waals surface area (Å²) in [6.07, 6.45) is 0. The largest absolute Gasteiger partial charge is 0.456 e. The summed E-state index contributed by atoms with van der Waals surface area (Å²) in [7, 11) is 0. The van der Waals surface area contributed by atoms with E-state index < -0.39 is 0 Å². The van der Waals surface area contributed by atoms with Gasteiger partial charge in [0.2, 0.25) is 0 Å². The minimum absolute atomic E-state index is 0.171. The van der Waals surface area contributed by atoms with Gasteiger partial charge in [-0.1, -0.05) is 178 Å². The molecule has 0 amide bonds. The zero-order chi connectivity index (χ0) is 43.2. The van der Waals surface area contributed by atoms with Crippen LogP contribution in [0.4, 0.5) is 17.1 Å². The fraction of sp³-hybridized carbons (Fsp3) is 0.0476. The van der Waals surface area contributed by atoms with Gasteiger partial charge in [0.05, 0.1) is 5.69 Å². The molecule has 13 rings (SSSR count). The quantitative estimate of drug-likeness (QED) is 0.155. The second-order valence-electron chi connectivity index (χ2n) is 18.0. The number of rotatable bonds is 6. The molecule has 1 aliphatic rings. The number of hydrogen-bond donors (Lipinski definition) is 0. The van der Waals surface area contributed by atoms with Crippen molar-refractivity contribution < 1.29 is 4.42 Å². The van der Waals surface area contributed by atoms with Crippen molar-refractivity contribution in [1.82, 2.24) is 0 Å². The maximum absolute atomic E-state index is 6.43. The van der Waals surface area contributed by atoms with E-state index in [1.54, 1.807) is 0 Å². The van der Waals surface area contributed by atoms with Gasteiger partial charge in [0.1, 0.15) is 11.2 Å². The lowest BCUT2D eigenvalue weighted by Crippen LogP contribution is -2.17. The summed E-state index contributed by atoms with van der Waals surface area (Å²) in [6, 6.07) is 82.6. The summed E-state index contributed by atoms with van der Waals surface area (Å²) in [5.41, 5.74) is 17.2. The lowest BCUT2D eigenvalue weighted by Gasteiger charge is -2.31. The second kappa shape index (κ2) is 14.4. The van der Waals surface area contributed by atoms with Gasteiger partial charge in [-0.15, -0.1) is 0 Å². The number of para-hydroxylation sites is 1. The smallest absolute Gasteiger partial charge is 0.135 e. The fourth-order valence-corrected chi connectivity index (χ4v) is 10.8. The molecule has 1 aliphatic carbocycles. The first-order valence-corrected chi connectivity index (χ1v) is 22.6. The van der Waals surface area contributed by atoms with E-state index in [2.05, 4.69) is 237 Å². The third-order valence-electron chi connectivity index (χ3n) is 14.0. The molecule has 1 aromatic heterocycles. The first kappa shape index (κ1) is 37.4. The van der Waals surface area contributed by atoms with Crippen molar-refractivity contribution >= 4 is 71.3 Å². The third kappa shape index (κ3) is 5.88. The van der Waals surface area contributed by atoms with Gasteiger partial charge in [-0.25, -0.2) is 0 Å². The summed E-state index contributed by atoms with van der Waals surface area (Å²) < 4.78 is 6.43. The lowest BCUT2D eigenvalue weighted by molar-refractivity contribution is 0.660. The zero-order valence-corrected chi connectivity index (χ0v) is 36.2. The minimum atomic E-state index is -0.171. The Kier molecular flexibility index (Phi) is 8.29. The molecule has 2 heteroatoms. The van der Waals surface area contributed by atoms with E-state index in [9.17, 15) is 0 Å². The summed E-state index contributed by atoms with van der Waals surface area (Å²) in [4.78, 5) is 2.49. The van der Waals surface area contributed by atoms with E-state index in [0.29, 0.717) is 0 Å². The van der Waals surface area contributed by atoms with Gasteiger partial charge in [-0.2, -0.15) is 0 Å². The molecule has 0 N–H and O–H groups in total. The Morgan fingerprint density at radius 2 is 0.969 bits per heavy atom. The van der Waals surface area contributed by atoms with Gasteiger partial charge in [0, 0.05) is 33.1 Å². The SMILES string of the molecule is CC1(C)c2ccccc2-c2ccc(N(c3ccc(-c4ccc5ccccc5c4)cc3)c3cccc(-c4cc5ccccc5c5ccccc45)c3-c3ccc4oc5ccccc5c4c3)cc21. The first-order chi connectivity index (χ1) is 32.0. The highest BCUT2D eigenvalue weighted by Gasteiger charge is 2.36. The van der Waals surface area contributed by atoms with Crippen LogP contribution in [0.3, 0.4) is 0 Å². The van der Waals surface area contributed by atoms with Crippen molar-refractivity contribution in [3.05, 3.63) is 236 Å². The molecule has 0 saturated carbocycles. The second-order valence-corrected chi connectivity index (χ2v) is 18.0. The van der Waals surface area contributed by atoms with E-state index in [-0.39, 0.29) is 5.41 Å². The van der Waals surface area contributed by atoms with Gasteiger partial charge in [-0.3, -0.25) is 0 Å². The number of anilines is 3. The van der Waals surface area contributed by atoms with Crippen LogP contribution >= 0.6 is 0 Å². The summed E-state index contributed by atoms with van der Waals surface area (Å²) >= 11 is 0. The average molecular weight is 830 g/mol. The molecule has 0 bridgehead atoms. The number of benzene rings is 11. The van der Waals surface area contributed by atoms with Crippen LogP contribution in [0.5, 0.6) is 0 Å². The van der Waals surface area contributed by atoms with Crippen LogP contribution in [0.1, 0.15) is 25.0 Å². The van der Waals surface area contributed by atoms with Gasteiger partial charge >= 0.3 is 0 Å². The molecule has 0 saturated heterocycles. The van der Waals surface area contributed by atoms with E-state index in [1.165, 1.54) is 76.8 Å². The van der Waals surface area contributed by atoms with E-state index in [4.69, 9.17) is 4.42 Å². The van der Waals surface area contributed by atoms with Crippen LogP contribution in [0.2, 0.25) is 0 Å². The molecular formula is C63H43NO. The van der Waals surface area contributed by atoms with Crippen molar-refractivity contribution in [2.24, 2.45) is 0 Å². The van der Waals surface area contributed by atoms with Crippen LogP contribution in [-0.2, 0) is 5.41 Å². The van der Waals surface area contributed by atoms with Gasteiger partial charge in [0.15, 0.2) is 0 Å². The molecular weight excluding hydrogens is 787 g/mol. The van der Waals surface area contributed by atoms with Crippen LogP contribution in [0, 0.1) is 0 Å². The predicted octanol–water partition coefficient (Wildman–Crippen LogP) is 17.8. The molecule has 1 heterocycles. The predicted molar refractivity (Wildman–Crippen MR) is 275 cm³/mol. The standard InChI is InChI=1S/C63H43NO/c1-63(2)57-23-11-9-20-51(57)52-34-33-47(39-58(52)63)64(46-31-28-41(29-32-46)43-27-26-40-14-3-4-15-42(40)36-43)59-24-13-22-54(55-37-44-16-5-6-17-48(44)49-18-7-8-19-50(49)55)62(59)45-30-35-61-56(38-45)53-21-10-12-25-60(53)65-61/h3-39H,1-2H3. The van der Waals surface area contributed by atoms with Gasteiger partial charge < -0.3 is 9.32 Å². The minimum Gasteiger partial charge on any atom is -0.456 e. The molecule has 0 atom stereocenters. The van der Waals surface area contributed by atoms with Crippen molar-refractivity contribution in [3.8, 4) is 44.5 Å². The van der Waals surface area contributed by atoms with Crippen LogP contribution in [0.25, 0.3) is 98.8 Å². The first-order valence-electron chi connectivity index (χ1n) is 22.6. The number of nitrogens with zero attached hydrogens (tertiary/aromatic N) is 1. The molecule has 306 valence electrons. The summed E-state index contributed by atoms with van der Waals surface area (Å²) in [5, 5.41) is 9.64. The Bertz CT molecular complexity index is 3870. The molecule has 65 heavy (non-hydrogen) atoms. The summed E-state index contributed by atoms with van der Waals surface area (Å²) in [6.45, 7) is 4.73. The number of hydrogen-bond acceptors (Lipinski definition) is 2. The normalized spacial score (nSPS) is 12.9. The summed E-state index contributed by atoms with van der Waals surface area (Å²) in [5.74, 6) is 0. The van der Waals surface area contributed by atoms with E-state index in [0.717, 1.165) is 50.1 Å². The Hall–Kier alpha value is -8.20. The average Bonchev–Trinajstić information content (AvgIpc) is 3.84. The molecule has 0 unspecified atom stereocenters. The Morgan fingerprint density at radius 3 is 1.83 bits per heavy atom. The Balaban J connectivity index is 1.09. The van der Waals surface area contributed by atoms with Gasteiger partial charge in [0.25, 0.3) is 0 Å². The molecule has 0 radical (unpaired) electrons. The number of fused-ring (bicyclic) bond motifs is 10. The van der Waals surface area contributed by atoms with Crippen molar-refractivity contribution in [3.63, 3.8) is 0 Å². The zero-order valence-electron chi connectivity index (χ0n) is 36.2. The highest BCUT2D eigenvalue weighted by atomic mass is 16.3. The Morgan fingerprint density at radius 1 is 0.338 bits per heavy atom. The maximum Gasteiger partial charge on any atom is 0.135 e. The van der Waals surface area contributed by atoms with E-state index in [1.807, 2.05) is 6.07 Å². The molecule has 11 aromatic carbocycles. The Labute approximate surface area is 378 Å². The van der Waals surface area contributed by atoms with Crippen LogP contribution < -0.4 is 4.90 Å². The molecule has 2 nitrogen and oxygen atoms in total. The van der Waals surface area contributed by atoms with Crippen LogP contribution in [0.15, 0.2) is 229 Å². The highest BCUT2D eigenvalue weighted by Crippen LogP contribution is 2.53. The maximum atomic E-state index is 6.43. The molecule has 0 spiro atoms. The van der Waals surface area contributed by atoms with Crippen molar-refractivity contribution in [1.29, 1.82) is 0 Å². The van der Waals surface area contributed by atoms with Crippen LogP contribution in [-0.4, -0.2) is 0 Å². The topological polar surface area (TPSA) is 16.4 Å². The number of furan rings is 1. The third-order valence-corrected chi connectivity index (χ3v) is 14.0. The van der Waals surface area contributed by atoms with Crippen molar-refractivity contribution in [2.75, 3.05) is 4.90 Å². The van der Waals surface area contributed by atoms with Crippen molar-refractivity contribution in [2.45, 2.75) is 19.3 Å². The molecule has 12 aromatic rings. The molecule has 0 fully saturated rings. The monoisotopic (exact) mass is 829 g/mol. The highest BCUT2D eigenvalue weighted by molar-refractivity contribution is 6.16. The lowest BCUT2D eigenvalue weighted by atomic mass is 9.82. The fourth-order valence-electron chi connectivity index (χ4n) is 10.8.